The van der Waals surface area contributed by atoms with Gasteiger partial charge in [-0.05, 0) is 41.0 Å². The minimum absolute atomic E-state index is 0.0582. The number of aliphatic hydroxyl groups is 1. The van der Waals surface area contributed by atoms with Gasteiger partial charge in [-0.1, -0.05) is 36.4 Å². The molecule has 1 unspecified atom stereocenters. The molecule has 16 heavy (non-hydrogen) atoms. The minimum Gasteiger partial charge on any atom is -0.385 e. The Morgan fingerprint density at radius 2 is 2.06 bits per heavy atom. The van der Waals surface area contributed by atoms with Crippen molar-refractivity contribution in [3.05, 3.63) is 45.6 Å². The van der Waals surface area contributed by atoms with Crippen LogP contribution in [0.15, 0.2) is 40.0 Å². The van der Waals surface area contributed by atoms with E-state index in [2.05, 4.69) is 28.7 Å². The predicted octanol–water partition coefficient (Wildman–Crippen LogP) is 3.05. The van der Waals surface area contributed by atoms with Crippen molar-refractivity contribution in [2.45, 2.75) is 31.7 Å². The van der Waals surface area contributed by atoms with Gasteiger partial charge >= 0.3 is 0 Å². The molecule has 86 valence electrons. The Hall–Kier alpha value is -0.390. The summed E-state index contributed by atoms with van der Waals surface area (Å²) in [6.07, 6.45) is 3.47. The lowest BCUT2D eigenvalue weighted by molar-refractivity contribution is -0.0346. The summed E-state index contributed by atoms with van der Waals surface area (Å²) < 4.78 is 6.76. The van der Waals surface area contributed by atoms with Crippen LogP contribution in [0.2, 0.25) is 0 Å². The van der Waals surface area contributed by atoms with E-state index in [9.17, 15) is 5.11 Å². The summed E-state index contributed by atoms with van der Waals surface area (Å²) in [4.78, 5) is 0. The maximum atomic E-state index is 9.91. The average Bonchev–Trinajstić information content (AvgIpc) is 2.32. The van der Waals surface area contributed by atoms with Crippen LogP contribution in [-0.4, -0.2) is 17.3 Å². The molecule has 0 bridgehead atoms. The molecule has 1 aromatic rings. The molecule has 1 aliphatic rings. The van der Waals surface area contributed by atoms with Crippen LogP contribution in [0.4, 0.5) is 0 Å². The fraction of sp³-hybridized carbons (Fsp3) is 0.385. The molecular weight excluding hydrogens is 315 g/mol. The quantitative estimate of drug-likeness (QED) is 0.864. The van der Waals surface area contributed by atoms with Crippen molar-refractivity contribution < 1.29 is 9.84 Å². The molecule has 1 N–H and O–H groups in total. The van der Waals surface area contributed by atoms with E-state index in [0.29, 0.717) is 6.61 Å². The molecule has 0 heterocycles. The van der Waals surface area contributed by atoms with E-state index in [1.807, 2.05) is 30.3 Å². The third kappa shape index (κ3) is 3.06. The number of allylic oxidation sites excluding steroid dienone is 1. The largest absolute Gasteiger partial charge is 0.385 e. The summed E-state index contributed by atoms with van der Waals surface area (Å²) in [7, 11) is 0. The van der Waals surface area contributed by atoms with Gasteiger partial charge in [0.25, 0.3) is 0 Å². The highest BCUT2D eigenvalue weighted by molar-refractivity contribution is 14.1. The highest BCUT2D eigenvalue weighted by Crippen LogP contribution is 2.26. The van der Waals surface area contributed by atoms with Crippen LogP contribution in [0.25, 0.3) is 0 Å². The Bertz CT molecular complexity index is 361. The molecule has 2 nitrogen and oxygen atoms in total. The van der Waals surface area contributed by atoms with Crippen molar-refractivity contribution in [3.8, 4) is 0 Å². The zero-order chi connectivity index (χ0) is 11.4. The number of aliphatic hydroxyl groups excluding tert-OH is 1. The lowest BCUT2D eigenvalue weighted by Crippen LogP contribution is -2.31. The summed E-state index contributed by atoms with van der Waals surface area (Å²) in [6, 6.07) is 10.1. The molecule has 0 saturated carbocycles. The van der Waals surface area contributed by atoms with Gasteiger partial charge in [-0.2, -0.15) is 0 Å². The number of hydrogen-bond donors (Lipinski definition) is 1. The minimum atomic E-state index is -0.446. The maximum Gasteiger partial charge on any atom is 0.110 e. The van der Waals surface area contributed by atoms with Crippen molar-refractivity contribution in [1.82, 2.24) is 0 Å². The Kier molecular flexibility index (Phi) is 4.37. The molecule has 0 amide bonds. The Balaban J connectivity index is 1.89. The number of halogens is 1. The van der Waals surface area contributed by atoms with Gasteiger partial charge in [0, 0.05) is 3.58 Å². The molecule has 0 fully saturated rings. The zero-order valence-corrected chi connectivity index (χ0v) is 11.1. The second-order valence-electron chi connectivity index (χ2n) is 3.95. The van der Waals surface area contributed by atoms with Crippen molar-refractivity contribution in [1.29, 1.82) is 0 Å². The van der Waals surface area contributed by atoms with Gasteiger partial charge < -0.3 is 9.84 Å². The summed E-state index contributed by atoms with van der Waals surface area (Å²) in [5.41, 5.74) is 1.15. The highest BCUT2D eigenvalue weighted by Gasteiger charge is 2.25. The molecule has 0 saturated heterocycles. The van der Waals surface area contributed by atoms with E-state index < -0.39 is 6.10 Å². The molecule has 2 rings (SSSR count). The Morgan fingerprint density at radius 1 is 1.31 bits per heavy atom. The molecule has 1 aliphatic carbocycles. The topological polar surface area (TPSA) is 29.5 Å². The van der Waals surface area contributed by atoms with E-state index in [4.69, 9.17) is 4.74 Å². The lowest BCUT2D eigenvalue weighted by Gasteiger charge is -2.26. The van der Waals surface area contributed by atoms with E-state index in [-0.39, 0.29) is 6.10 Å². The first-order valence-electron chi connectivity index (χ1n) is 5.46. The second kappa shape index (κ2) is 5.80. The first-order valence-corrected chi connectivity index (χ1v) is 6.54. The average molecular weight is 330 g/mol. The summed E-state index contributed by atoms with van der Waals surface area (Å²) in [5, 5.41) is 9.91. The number of hydrogen-bond acceptors (Lipinski definition) is 2. The summed E-state index contributed by atoms with van der Waals surface area (Å²) >= 11 is 2.18. The van der Waals surface area contributed by atoms with Gasteiger partial charge in [-0.15, -0.1) is 0 Å². The van der Waals surface area contributed by atoms with Crippen molar-refractivity contribution >= 4 is 22.6 Å². The molecular formula is C13H15IO2. The van der Waals surface area contributed by atoms with Crippen LogP contribution in [0.1, 0.15) is 18.4 Å². The zero-order valence-electron chi connectivity index (χ0n) is 8.97. The van der Waals surface area contributed by atoms with Gasteiger partial charge in [-0.3, -0.25) is 0 Å². The van der Waals surface area contributed by atoms with Gasteiger partial charge in [0.2, 0.25) is 0 Å². The normalized spacial score (nSPS) is 25.2. The Morgan fingerprint density at radius 3 is 2.81 bits per heavy atom. The van der Waals surface area contributed by atoms with Crippen LogP contribution in [0.5, 0.6) is 0 Å². The lowest BCUT2D eigenvalue weighted by atomic mass is 10.0. The first kappa shape index (κ1) is 12.1. The summed E-state index contributed by atoms with van der Waals surface area (Å²) in [6.45, 7) is 0.576. The van der Waals surface area contributed by atoms with Crippen LogP contribution < -0.4 is 0 Å². The van der Waals surface area contributed by atoms with Crippen molar-refractivity contribution in [2.75, 3.05) is 0 Å². The number of rotatable bonds is 3. The van der Waals surface area contributed by atoms with E-state index in [0.717, 1.165) is 22.0 Å². The van der Waals surface area contributed by atoms with Gasteiger partial charge in [0.15, 0.2) is 0 Å². The molecule has 0 aliphatic heterocycles. The number of ether oxygens (including phenoxy) is 1. The van der Waals surface area contributed by atoms with Gasteiger partial charge in [0.05, 0.1) is 12.7 Å². The Labute approximate surface area is 109 Å². The predicted molar refractivity (Wildman–Crippen MR) is 72.4 cm³/mol. The fourth-order valence-electron chi connectivity index (χ4n) is 1.79. The van der Waals surface area contributed by atoms with Crippen LogP contribution in [-0.2, 0) is 11.3 Å². The molecule has 0 radical (unpaired) electrons. The monoisotopic (exact) mass is 330 g/mol. The van der Waals surface area contributed by atoms with E-state index in [1.165, 1.54) is 0 Å². The molecule has 2 atom stereocenters. The maximum absolute atomic E-state index is 9.91. The third-order valence-electron chi connectivity index (χ3n) is 2.73. The van der Waals surface area contributed by atoms with Crippen LogP contribution in [0.3, 0.4) is 0 Å². The van der Waals surface area contributed by atoms with E-state index >= 15 is 0 Å². The van der Waals surface area contributed by atoms with Crippen LogP contribution >= 0.6 is 22.6 Å². The standard InChI is InChI=1S/C13H15IO2/c14-11-7-4-8-12(13(11)15)16-9-10-5-2-1-3-6-10/h1-3,5-7,12-13,15H,4,8-9H2/t12-,13?/m1/s1. The smallest absolute Gasteiger partial charge is 0.110 e. The molecule has 0 aromatic heterocycles. The number of benzene rings is 1. The summed E-state index contributed by atoms with van der Waals surface area (Å²) in [5.74, 6) is 0. The molecule has 3 heteroatoms. The second-order valence-corrected chi connectivity index (χ2v) is 5.19. The highest BCUT2D eigenvalue weighted by atomic mass is 127. The molecule has 1 aromatic carbocycles. The SMILES string of the molecule is OC1C(I)=CCC[C@H]1OCc1ccccc1. The molecule has 0 spiro atoms. The van der Waals surface area contributed by atoms with Crippen molar-refractivity contribution in [3.63, 3.8) is 0 Å². The van der Waals surface area contributed by atoms with Gasteiger partial charge in [-0.25, -0.2) is 0 Å². The van der Waals surface area contributed by atoms with E-state index in [1.54, 1.807) is 0 Å². The van der Waals surface area contributed by atoms with Crippen LogP contribution in [0, 0.1) is 0 Å². The van der Waals surface area contributed by atoms with Crippen molar-refractivity contribution in [2.24, 2.45) is 0 Å². The fourth-order valence-corrected chi connectivity index (χ4v) is 2.51. The van der Waals surface area contributed by atoms with Gasteiger partial charge in [0.1, 0.15) is 6.10 Å². The third-order valence-corrected chi connectivity index (χ3v) is 3.81. The first-order chi connectivity index (χ1) is 7.77.